The smallest absolute Gasteiger partial charge is 0.322 e. The third-order valence-corrected chi connectivity index (χ3v) is 4.65. The van der Waals surface area contributed by atoms with Gasteiger partial charge in [0.25, 0.3) is 5.91 Å². The van der Waals surface area contributed by atoms with Crippen molar-refractivity contribution in [2.75, 3.05) is 44.7 Å². The number of carboxylic acids is 1. The third kappa shape index (κ3) is 3.29. The van der Waals surface area contributed by atoms with Crippen LogP contribution < -0.4 is 4.90 Å². The molecule has 0 spiro atoms. The molecule has 7 nitrogen and oxygen atoms in total. The molecule has 3 heterocycles. The minimum Gasteiger partial charge on any atom is -0.480 e. The molecule has 1 aromatic heterocycles. The number of amides is 1. The molecule has 1 amide bonds. The van der Waals surface area contributed by atoms with Crippen LogP contribution in [0.3, 0.4) is 0 Å². The number of aliphatic carboxylic acids is 1. The van der Waals surface area contributed by atoms with E-state index < -0.39 is 12.0 Å². The van der Waals surface area contributed by atoms with Gasteiger partial charge in [0.15, 0.2) is 0 Å². The fraction of sp³-hybridized carbons (Fsp3) is 0.562. The number of anilines is 1. The molecule has 1 aromatic rings. The third-order valence-electron chi connectivity index (χ3n) is 4.65. The Labute approximate surface area is 135 Å². The molecule has 0 radical (unpaired) electrons. The zero-order valence-corrected chi connectivity index (χ0v) is 13.3. The van der Waals surface area contributed by atoms with Gasteiger partial charge >= 0.3 is 5.97 Å². The molecular weight excluding hydrogens is 296 g/mol. The first-order valence-electron chi connectivity index (χ1n) is 7.99. The number of carboxylic acid groups (broad SMARTS) is 1. The standard InChI is InChI=1S/C16H22N4O3/c1-18-8-9-20(11-13(18)16(22)23)14-5-4-12(10-17-14)15(21)19-6-2-3-7-19/h4-5,10,13H,2-3,6-9,11H2,1H3,(H,22,23)/t13-/m0/s1. The van der Waals surface area contributed by atoms with E-state index in [1.807, 2.05) is 27.8 Å². The summed E-state index contributed by atoms with van der Waals surface area (Å²) in [6.45, 7) is 3.44. The lowest BCUT2D eigenvalue weighted by atomic mass is 10.1. The summed E-state index contributed by atoms with van der Waals surface area (Å²) < 4.78 is 0. The van der Waals surface area contributed by atoms with Crippen molar-refractivity contribution < 1.29 is 14.7 Å². The van der Waals surface area contributed by atoms with Crippen LogP contribution in [-0.2, 0) is 4.79 Å². The van der Waals surface area contributed by atoms with E-state index in [9.17, 15) is 14.7 Å². The van der Waals surface area contributed by atoms with E-state index in [-0.39, 0.29) is 5.91 Å². The number of nitrogens with zero attached hydrogens (tertiary/aromatic N) is 4. The van der Waals surface area contributed by atoms with Crippen LogP contribution in [0.2, 0.25) is 0 Å². The summed E-state index contributed by atoms with van der Waals surface area (Å²) in [5.41, 5.74) is 0.597. The Morgan fingerprint density at radius 2 is 1.91 bits per heavy atom. The zero-order chi connectivity index (χ0) is 16.4. The minimum atomic E-state index is -0.821. The van der Waals surface area contributed by atoms with Crippen LogP contribution in [0.5, 0.6) is 0 Å². The zero-order valence-electron chi connectivity index (χ0n) is 13.3. The van der Waals surface area contributed by atoms with Crippen molar-refractivity contribution in [2.45, 2.75) is 18.9 Å². The first-order chi connectivity index (χ1) is 11.1. The molecule has 2 saturated heterocycles. The number of rotatable bonds is 3. The van der Waals surface area contributed by atoms with Gasteiger partial charge in [0, 0.05) is 38.9 Å². The number of carbonyl (C=O) groups is 2. The van der Waals surface area contributed by atoms with Crippen molar-refractivity contribution in [2.24, 2.45) is 0 Å². The number of aromatic nitrogens is 1. The van der Waals surface area contributed by atoms with Crippen molar-refractivity contribution in [1.82, 2.24) is 14.8 Å². The van der Waals surface area contributed by atoms with Gasteiger partial charge in [0.05, 0.1) is 5.56 Å². The van der Waals surface area contributed by atoms with Crippen molar-refractivity contribution in [3.63, 3.8) is 0 Å². The van der Waals surface area contributed by atoms with E-state index in [2.05, 4.69) is 4.98 Å². The molecule has 1 N–H and O–H groups in total. The van der Waals surface area contributed by atoms with Gasteiger partial charge in [-0.25, -0.2) is 4.98 Å². The molecule has 0 aliphatic carbocycles. The van der Waals surface area contributed by atoms with Gasteiger partial charge in [-0.05, 0) is 32.0 Å². The second-order valence-corrected chi connectivity index (χ2v) is 6.19. The maximum absolute atomic E-state index is 12.3. The van der Waals surface area contributed by atoms with Gasteiger partial charge in [0.1, 0.15) is 11.9 Å². The minimum absolute atomic E-state index is 0.0309. The van der Waals surface area contributed by atoms with Gasteiger partial charge < -0.3 is 14.9 Å². The number of hydrogen-bond acceptors (Lipinski definition) is 5. The lowest BCUT2D eigenvalue weighted by molar-refractivity contribution is -0.142. The number of hydrogen-bond donors (Lipinski definition) is 1. The fourth-order valence-corrected chi connectivity index (χ4v) is 3.15. The highest BCUT2D eigenvalue weighted by molar-refractivity contribution is 5.94. The van der Waals surface area contributed by atoms with Gasteiger partial charge in [-0.2, -0.15) is 0 Å². The van der Waals surface area contributed by atoms with Crippen molar-refractivity contribution in [3.05, 3.63) is 23.9 Å². The quantitative estimate of drug-likeness (QED) is 0.876. The molecular formula is C16H22N4O3. The lowest BCUT2D eigenvalue weighted by Gasteiger charge is -2.37. The topological polar surface area (TPSA) is 77.0 Å². The highest BCUT2D eigenvalue weighted by Gasteiger charge is 2.30. The van der Waals surface area contributed by atoms with E-state index in [1.54, 1.807) is 12.3 Å². The second kappa shape index (κ2) is 6.54. The molecule has 0 bridgehead atoms. The van der Waals surface area contributed by atoms with Crippen LogP contribution in [0.25, 0.3) is 0 Å². The predicted molar refractivity (Wildman–Crippen MR) is 85.6 cm³/mol. The molecule has 0 saturated carbocycles. The molecule has 0 unspecified atom stereocenters. The summed E-state index contributed by atoms with van der Waals surface area (Å²) in [5, 5.41) is 9.27. The summed E-state index contributed by atoms with van der Waals surface area (Å²) in [6, 6.07) is 3.07. The Morgan fingerprint density at radius 3 is 2.52 bits per heavy atom. The molecule has 124 valence electrons. The molecule has 0 aromatic carbocycles. The van der Waals surface area contributed by atoms with Crippen molar-refractivity contribution >= 4 is 17.7 Å². The number of likely N-dealkylation sites (N-methyl/N-ethyl adjacent to an activating group) is 1. The van der Waals surface area contributed by atoms with Gasteiger partial charge in [-0.3, -0.25) is 14.5 Å². The van der Waals surface area contributed by atoms with Crippen LogP contribution in [0, 0.1) is 0 Å². The van der Waals surface area contributed by atoms with Gasteiger partial charge in [-0.1, -0.05) is 0 Å². The fourth-order valence-electron chi connectivity index (χ4n) is 3.15. The number of likely N-dealkylation sites (tertiary alicyclic amines) is 1. The number of piperazine rings is 1. The maximum Gasteiger partial charge on any atom is 0.322 e. The average Bonchev–Trinajstić information content (AvgIpc) is 3.09. The normalized spacial score (nSPS) is 22.4. The summed E-state index contributed by atoms with van der Waals surface area (Å²) in [6.07, 6.45) is 3.73. The van der Waals surface area contributed by atoms with E-state index in [0.29, 0.717) is 18.7 Å². The summed E-state index contributed by atoms with van der Waals surface area (Å²) in [5.74, 6) is -0.0660. The summed E-state index contributed by atoms with van der Waals surface area (Å²) in [4.78, 5) is 33.6. The van der Waals surface area contributed by atoms with E-state index in [1.165, 1.54) is 0 Å². The Bertz CT molecular complexity index is 583. The molecule has 23 heavy (non-hydrogen) atoms. The first kappa shape index (κ1) is 15.7. The SMILES string of the molecule is CN1CCN(c2ccc(C(=O)N3CCCC3)cn2)C[C@H]1C(=O)O. The Hall–Kier alpha value is -2.15. The van der Waals surface area contributed by atoms with Crippen LogP contribution in [0.15, 0.2) is 18.3 Å². The number of pyridine rings is 1. The summed E-state index contributed by atoms with van der Waals surface area (Å²) >= 11 is 0. The molecule has 1 atom stereocenters. The van der Waals surface area contributed by atoms with Crippen LogP contribution in [0.1, 0.15) is 23.2 Å². The van der Waals surface area contributed by atoms with Crippen LogP contribution in [-0.4, -0.2) is 77.6 Å². The summed E-state index contributed by atoms with van der Waals surface area (Å²) in [7, 11) is 1.82. The molecule has 2 fully saturated rings. The predicted octanol–water partition coefficient (Wildman–Crippen LogP) is 0.523. The molecule has 2 aliphatic heterocycles. The van der Waals surface area contributed by atoms with Crippen LogP contribution in [0.4, 0.5) is 5.82 Å². The average molecular weight is 318 g/mol. The van der Waals surface area contributed by atoms with Gasteiger partial charge in [0.2, 0.25) is 0 Å². The highest BCUT2D eigenvalue weighted by atomic mass is 16.4. The van der Waals surface area contributed by atoms with E-state index >= 15 is 0 Å². The number of carbonyl (C=O) groups excluding carboxylic acids is 1. The molecule has 3 rings (SSSR count). The largest absolute Gasteiger partial charge is 0.480 e. The lowest BCUT2D eigenvalue weighted by Crippen LogP contribution is -2.55. The van der Waals surface area contributed by atoms with E-state index in [0.717, 1.165) is 38.3 Å². The first-order valence-corrected chi connectivity index (χ1v) is 7.99. The van der Waals surface area contributed by atoms with Crippen molar-refractivity contribution in [1.29, 1.82) is 0 Å². The van der Waals surface area contributed by atoms with E-state index in [4.69, 9.17) is 0 Å². The van der Waals surface area contributed by atoms with Crippen molar-refractivity contribution in [3.8, 4) is 0 Å². The van der Waals surface area contributed by atoms with Crippen LogP contribution >= 0.6 is 0 Å². The molecule has 7 heteroatoms. The maximum atomic E-state index is 12.3. The second-order valence-electron chi connectivity index (χ2n) is 6.19. The monoisotopic (exact) mass is 318 g/mol. The van der Waals surface area contributed by atoms with Gasteiger partial charge in [-0.15, -0.1) is 0 Å². The Kier molecular flexibility index (Phi) is 4.47. The Morgan fingerprint density at radius 1 is 1.17 bits per heavy atom. The molecule has 2 aliphatic rings. The Balaban J connectivity index is 1.69. The highest BCUT2D eigenvalue weighted by Crippen LogP contribution is 2.18.